The Morgan fingerprint density at radius 3 is 2.30 bits per heavy atom. The number of hydrogen-bond donors (Lipinski definition) is 1. The minimum atomic E-state index is -4.35. The molecule has 0 bridgehead atoms. The van der Waals surface area contributed by atoms with E-state index in [0.717, 1.165) is 44.8 Å². The van der Waals surface area contributed by atoms with Crippen molar-refractivity contribution in [2.75, 3.05) is 0 Å². The van der Waals surface area contributed by atoms with E-state index in [1.54, 1.807) is 17.8 Å². The zero-order valence-corrected chi connectivity index (χ0v) is 20.6. The van der Waals surface area contributed by atoms with Crippen molar-refractivity contribution in [3.05, 3.63) is 99.6 Å². The fourth-order valence-electron chi connectivity index (χ4n) is 3.51. The number of aryl methyl sites for hydroxylation is 2. The zero-order chi connectivity index (χ0) is 23.6. The van der Waals surface area contributed by atoms with Gasteiger partial charge in [-0.25, -0.2) is 0 Å². The van der Waals surface area contributed by atoms with Crippen LogP contribution >= 0.6 is 11.8 Å². The number of rotatable bonds is 6. The predicted molar refractivity (Wildman–Crippen MR) is 128 cm³/mol. The molecule has 1 atom stereocenters. The molecule has 1 N–H and O–H groups in total. The molecule has 4 aromatic rings. The molecule has 33 heavy (non-hydrogen) atoms. The van der Waals surface area contributed by atoms with Gasteiger partial charge in [-0.2, -0.15) is 0 Å². The summed E-state index contributed by atoms with van der Waals surface area (Å²) in [4.78, 5) is 5.82. The molecule has 0 radical (unpaired) electrons. The molecule has 2 nitrogen and oxygen atoms in total. The summed E-state index contributed by atoms with van der Waals surface area (Å²) in [5.41, 5.74) is 3.06. The Hall–Kier alpha value is -2.47. The first-order valence-electron chi connectivity index (χ1n) is 10.4. The maximum absolute atomic E-state index is 12.9. The van der Waals surface area contributed by atoms with Crippen molar-refractivity contribution in [2.45, 2.75) is 36.6 Å². The molecule has 3 aromatic carbocycles. The first-order chi connectivity index (χ1) is 15.7. The molecule has 0 aliphatic rings. The molecule has 0 saturated carbocycles. The molecule has 0 amide bonds. The standard InChI is InChI=1S/C26H22F3NOSSe/c1-16-14-21(12-13-22(16)31)32-23(15-18-6-4-3-5-7-18)24-17(2)30-25(33-24)19-8-10-20(11-9-19)26(27,28)29/h3-14,23,31H,15H2,1-2H3. The van der Waals surface area contributed by atoms with Crippen LogP contribution in [0.25, 0.3) is 10.1 Å². The van der Waals surface area contributed by atoms with Gasteiger partial charge in [-0.05, 0) is 0 Å². The van der Waals surface area contributed by atoms with Crippen LogP contribution in [0.3, 0.4) is 0 Å². The van der Waals surface area contributed by atoms with Crippen LogP contribution in [0.4, 0.5) is 13.2 Å². The number of phenolic OH excluding ortho intramolecular Hbond substituents is 1. The zero-order valence-electron chi connectivity index (χ0n) is 18.1. The molecule has 0 saturated heterocycles. The van der Waals surface area contributed by atoms with E-state index < -0.39 is 11.7 Å². The number of benzene rings is 3. The van der Waals surface area contributed by atoms with E-state index in [-0.39, 0.29) is 25.5 Å². The summed E-state index contributed by atoms with van der Waals surface area (Å²) < 4.78 is 40.9. The number of aromatic nitrogens is 1. The summed E-state index contributed by atoms with van der Waals surface area (Å²) in [5.74, 6) is 0.271. The molecule has 170 valence electrons. The van der Waals surface area contributed by atoms with Gasteiger partial charge in [0.1, 0.15) is 0 Å². The molecule has 0 aliphatic heterocycles. The molecule has 4 rings (SSSR count). The van der Waals surface area contributed by atoms with Crippen LogP contribution in [0.15, 0.2) is 77.7 Å². The van der Waals surface area contributed by atoms with E-state index in [2.05, 4.69) is 12.1 Å². The van der Waals surface area contributed by atoms with Gasteiger partial charge in [0, 0.05) is 0 Å². The van der Waals surface area contributed by atoms with Crippen molar-refractivity contribution in [3.63, 3.8) is 0 Å². The van der Waals surface area contributed by atoms with Crippen molar-refractivity contribution < 1.29 is 18.3 Å². The van der Waals surface area contributed by atoms with Gasteiger partial charge in [0.05, 0.1) is 0 Å². The van der Waals surface area contributed by atoms with Crippen LogP contribution in [0.1, 0.15) is 32.1 Å². The van der Waals surface area contributed by atoms with E-state index in [0.29, 0.717) is 0 Å². The molecule has 0 spiro atoms. The Morgan fingerprint density at radius 2 is 1.67 bits per heavy atom. The van der Waals surface area contributed by atoms with Crippen molar-refractivity contribution in [1.29, 1.82) is 0 Å². The molecule has 1 unspecified atom stereocenters. The quantitative estimate of drug-likeness (QED) is 0.210. The average molecular weight is 532 g/mol. The first-order valence-corrected chi connectivity index (χ1v) is 12.9. The number of phenols is 1. The van der Waals surface area contributed by atoms with Crippen molar-refractivity contribution >= 4 is 26.3 Å². The van der Waals surface area contributed by atoms with E-state index in [9.17, 15) is 18.3 Å². The second kappa shape index (κ2) is 9.80. The third-order valence-electron chi connectivity index (χ3n) is 5.29. The van der Waals surface area contributed by atoms with Crippen LogP contribution in [0.2, 0.25) is 0 Å². The van der Waals surface area contributed by atoms with Crippen molar-refractivity contribution in [3.8, 4) is 15.9 Å². The summed E-state index contributed by atoms with van der Waals surface area (Å²) in [6, 6.07) is 21.1. The van der Waals surface area contributed by atoms with E-state index in [1.807, 2.05) is 44.2 Å². The van der Waals surface area contributed by atoms with E-state index in [1.165, 1.54) is 22.1 Å². The number of aromatic hydroxyl groups is 1. The molecular weight excluding hydrogens is 510 g/mol. The van der Waals surface area contributed by atoms with Gasteiger partial charge in [0.15, 0.2) is 0 Å². The van der Waals surface area contributed by atoms with Crippen LogP contribution in [0, 0.1) is 13.8 Å². The molecule has 0 fully saturated rings. The summed E-state index contributed by atoms with van der Waals surface area (Å²) >= 11 is 1.64. The van der Waals surface area contributed by atoms with Crippen molar-refractivity contribution in [2.24, 2.45) is 0 Å². The van der Waals surface area contributed by atoms with Gasteiger partial charge in [0.25, 0.3) is 0 Å². The Morgan fingerprint density at radius 1 is 0.970 bits per heavy atom. The summed E-state index contributed by atoms with van der Waals surface area (Å²) in [7, 11) is 0. The number of alkyl halides is 3. The third-order valence-corrected chi connectivity index (χ3v) is 9.61. The fourth-order valence-corrected chi connectivity index (χ4v) is 7.55. The molecule has 0 aliphatic carbocycles. The van der Waals surface area contributed by atoms with Crippen LogP contribution in [-0.2, 0) is 12.6 Å². The van der Waals surface area contributed by atoms with Gasteiger partial charge in [-0.15, -0.1) is 0 Å². The van der Waals surface area contributed by atoms with E-state index in [4.69, 9.17) is 4.98 Å². The summed E-state index contributed by atoms with van der Waals surface area (Å²) in [6.45, 7) is 3.86. The molecule has 1 heterocycles. The second-order valence-electron chi connectivity index (χ2n) is 7.79. The van der Waals surface area contributed by atoms with Gasteiger partial charge in [-0.3, -0.25) is 0 Å². The molecular formula is C26H22F3NOSSe. The van der Waals surface area contributed by atoms with Gasteiger partial charge < -0.3 is 0 Å². The molecule has 7 heteroatoms. The van der Waals surface area contributed by atoms with Gasteiger partial charge >= 0.3 is 202 Å². The Bertz CT molecular complexity index is 1240. The average Bonchev–Trinajstić information content (AvgIpc) is 3.17. The van der Waals surface area contributed by atoms with Crippen molar-refractivity contribution in [1.82, 2.24) is 4.98 Å². The summed E-state index contributed by atoms with van der Waals surface area (Å²) in [5, 5.41) is 10.0. The Labute approximate surface area is 201 Å². The van der Waals surface area contributed by atoms with Gasteiger partial charge in [0.2, 0.25) is 0 Å². The number of halogens is 3. The maximum atomic E-state index is 12.9. The molecule has 1 aromatic heterocycles. The van der Waals surface area contributed by atoms with Crippen LogP contribution < -0.4 is 0 Å². The predicted octanol–water partition coefficient (Wildman–Crippen LogP) is 7.22. The first kappa shape index (κ1) is 23.7. The van der Waals surface area contributed by atoms with Crippen LogP contribution in [-0.4, -0.2) is 24.6 Å². The topological polar surface area (TPSA) is 33.1 Å². The minimum absolute atomic E-state index is 0.0950. The van der Waals surface area contributed by atoms with Gasteiger partial charge in [-0.1, -0.05) is 0 Å². The second-order valence-corrected chi connectivity index (χ2v) is 11.2. The Kier molecular flexibility index (Phi) is 7.03. The SMILES string of the molecule is Cc1cc(SC(Cc2ccccc2)c2[se]c(-c3ccc(C(F)(F)F)cc3)nc2C)ccc1O. The number of thioether (sulfide) groups is 1. The normalized spacial score (nSPS) is 12.6. The van der Waals surface area contributed by atoms with Crippen LogP contribution in [0.5, 0.6) is 5.75 Å². The van der Waals surface area contributed by atoms with E-state index >= 15 is 0 Å². The monoisotopic (exact) mass is 533 g/mol. The number of hydrogen-bond acceptors (Lipinski definition) is 3. The Balaban J connectivity index is 1.67. The third kappa shape index (κ3) is 5.72. The fraction of sp³-hybridized carbons (Fsp3) is 0.192. The summed E-state index contributed by atoms with van der Waals surface area (Å²) in [6.07, 6.45) is -3.53. The number of nitrogens with zero attached hydrogens (tertiary/aromatic N) is 1.